The number of benzene rings is 2. The highest BCUT2D eigenvalue weighted by Gasteiger charge is 2.21. The van der Waals surface area contributed by atoms with E-state index in [-0.39, 0.29) is 18.1 Å². The molecular formula is C18H21NO2. The van der Waals surface area contributed by atoms with Crippen LogP contribution in [0.1, 0.15) is 24.1 Å². The first kappa shape index (κ1) is 15.3. The Balaban J connectivity index is 2.08. The van der Waals surface area contributed by atoms with E-state index in [0.717, 1.165) is 11.1 Å². The topological polar surface area (TPSA) is 38.3 Å². The van der Waals surface area contributed by atoms with Gasteiger partial charge in [0.1, 0.15) is 6.04 Å². The molecule has 0 heterocycles. The van der Waals surface area contributed by atoms with Gasteiger partial charge in [0.2, 0.25) is 0 Å². The summed E-state index contributed by atoms with van der Waals surface area (Å²) >= 11 is 0. The van der Waals surface area contributed by atoms with E-state index in [1.165, 1.54) is 7.11 Å². The van der Waals surface area contributed by atoms with Crippen LogP contribution < -0.4 is 5.32 Å². The number of hydrogen-bond acceptors (Lipinski definition) is 3. The molecular weight excluding hydrogens is 262 g/mol. The van der Waals surface area contributed by atoms with Gasteiger partial charge in [0.25, 0.3) is 0 Å². The van der Waals surface area contributed by atoms with E-state index in [1.807, 2.05) is 48.5 Å². The summed E-state index contributed by atoms with van der Waals surface area (Å²) < 4.78 is 4.92. The second kappa shape index (κ2) is 7.60. The fraction of sp³-hybridized carbons (Fsp3) is 0.278. The average molecular weight is 283 g/mol. The molecule has 0 saturated carbocycles. The number of carbonyl (C=O) groups is 1. The van der Waals surface area contributed by atoms with E-state index in [9.17, 15) is 4.79 Å². The number of ether oxygens (including phenoxy) is 1. The zero-order chi connectivity index (χ0) is 15.1. The Morgan fingerprint density at radius 2 is 1.62 bits per heavy atom. The van der Waals surface area contributed by atoms with Crippen LogP contribution >= 0.6 is 0 Å². The molecule has 2 rings (SSSR count). The fourth-order valence-corrected chi connectivity index (χ4v) is 2.34. The molecule has 2 atom stereocenters. The second-order valence-corrected chi connectivity index (χ2v) is 5.06. The predicted octanol–water partition coefficient (Wildman–Crippen LogP) is 3.12. The molecule has 0 saturated heterocycles. The fourth-order valence-electron chi connectivity index (χ4n) is 2.34. The maximum absolute atomic E-state index is 12.0. The molecule has 0 aliphatic carbocycles. The van der Waals surface area contributed by atoms with Gasteiger partial charge >= 0.3 is 5.97 Å². The van der Waals surface area contributed by atoms with Crippen LogP contribution in [0.4, 0.5) is 0 Å². The van der Waals surface area contributed by atoms with Gasteiger partial charge in [0.15, 0.2) is 0 Å². The van der Waals surface area contributed by atoms with E-state index in [4.69, 9.17) is 4.74 Å². The molecule has 0 amide bonds. The van der Waals surface area contributed by atoms with Crippen molar-refractivity contribution in [3.05, 3.63) is 71.8 Å². The summed E-state index contributed by atoms with van der Waals surface area (Å²) in [5.74, 6) is -0.235. The first-order valence-electron chi connectivity index (χ1n) is 7.13. The van der Waals surface area contributed by atoms with Gasteiger partial charge in [-0.3, -0.25) is 10.1 Å². The molecule has 0 fully saturated rings. The van der Waals surface area contributed by atoms with Crippen LogP contribution in [0.3, 0.4) is 0 Å². The molecule has 0 bridgehead atoms. The van der Waals surface area contributed by atoms with Gasteiger partial charge in [-0.25, -0.2) is 0 Å². The summed E-state index contributed by atoms with van der Waals surface area (Å²) in [6, 6.07) is 19.8. The summed E-state index contributed by atoms with van der Waals surface area (Å²) in [7, 11) is 1.43. The Morgan fingerprint density at radius 1 is 1.05 bits per heavy atom. The van der Waals surface area contributed by atoms with E-state index < -0.39 is 0 Å². The van der Waals surface area contributed by atoms with Crippen LogP contribution in [0.2, 0.25) is 0 Å². The molecule has 3 nitrogen and oxygen atoms in total. The van der Waals surface area contributed by atoms with Gasteiger partial charge in [-0.1, -0.05) is 60.7 Å². The summed E-state index contributed by atoms with van der Waals surface area (Å²) in [6.07, 6.45) is 0.616. The minimum Gasteiger partial charge on any atom is -0.468 e. The molecule has 0 spiro atoms. The van der Waals surface area contributed by atoms with Crippen molar-refractivity contribution in [2.75, 3.05) is 7.11 Å². The molecule has 1 N–H and O–H groups in total. The van der Waals surface area contributed by atoms with Gasteiger partial charge in [-0.05, 0) is 24.5 Å². The number of carbonyl (C=O) groups excluding carboxylic acids is 1. The van der Waals surface area contributed by atoms with Crippen molar-refractivity contribution in [3.63, 3.8) is 0 Å². The van der Waals surface area contributed by atoms with E-state index in [2.05, 4.69) is 24.4 Å². The summed E-state index contributed by atoms with van der Waals surface area (Å²) in [6.45, 7) is 2.05. The van der Waals surface area contributed by atoms with Crippen LogP contribution in [0, 0.1) is 0 Å². The Labute approximate surface area is 126 Å². The monoisotopic (exact) mass is 283 g/mol. The van der Waals surface area contributed by atoms with Crippen LogP contribution in [-0.4, -0.2) is 19.1 Å². The van der Waals surface area contributed by atoms with Crippen molar-refractivity contribution in [2.45, 2.75) is 25.4 Å². The third-order valence-electron chi connectivity index (χ3n) is 3.52. The lowest BCUT2D eigenvalue weighted by Gasteiger charge is -2.22. The van der Waals surface area contributed by atoms with Gasteiger partial charge in [0.05, 0.1) is 7.11 Å². The molecule has 0 aromatic heterocycles. The van der Waals surface area contributed by atoms with E-state index in [1.54, 1.807) is 0 Å². The van der Waals surface area contributed by atoms with E-state index >= 15 is 0 Å². The normalized spacial score (nSPS) is 13.4. The van der Waals surface area contributed by atoms with Crippen LogP contribution in [0.25, 0.3) is 0 Å². The minimum absolute atomic E-state index is 0.0824. The lowest BCUT2D eigenvalue weighted by molar-refractivity contribution is -0.143. The van der Waals surface area contributed by atoms with Crippen molar-refractivity contribution in [2.24, 2.45) is 0 Å². The SMILES string of the molecule is COC(=O)[C@@H](Cc1ccccc1)N[C@@H](C)c1ccccc1. The van der Waals surface area contributed by atoms with Crippen molar-refractivity contribution in [3.8, 4) is 0 Å². The maximum atomic E-state index is 12.0. The first-order valence-corrected chi connectivity index (χ1v) is 7.13. The van der Waals surface area contributed by atoms with E-state index in [0.29, 0.717) is 6.42 Å². The molecule has 0 radical (unpaired) electrons. The van der Waals surface area contributed by atoms with Gasteiger partial charge in [0, 0.05) is 6.04 Å². The van der Waals surface area contributed by atoms with Crippen LogP contribution in [-0.2, 0) is 16.0 Å². The molecule has 2 aromatic rings. The molecule has 0 aliphatic rings. The average Bonchev–Trinajstić information content (AvgIpc) is 2.55. The molecule has 21 heavy (non-hydrogen) atoms. The highest BCUT2D eigenvalue weighted by Crippen LogP contribution is 2.14. The zero-order valence-corrected chi connectivity index (χ0v) is 12.5. The largest absolute Gasteiger partial charge is 0.468 e. The summed E-state index contributed by atoms with van der Waals surface area (Å²) in [4.78, 5) is 12.0. The summed E-state index contributed by atoms with van der Waals surface area (Å²) in [5, 5.41) is 3.36. The van der Waals surface area contributed by atoms with Crippen LogP contribution in [0.15, 0.2) is 60.7 Å². The smallest absolute Gasteiger partial charge is 0.323 e. The van der Waals surface area contributed by atoms with Crippen molar-refractivity contribution < 1.29 is 9.53 Å². The maximum Gasteiger partial charge on any atom is 0.323 e. The number of esters is 1. The standard InChI is InChI=1S/C18H21NO2/c1-14(16-11-7-4-8-12-16)19-17(18(20)21-2)13-15-9-5-3-6-10-15/h3-12,14,17,19H,13H2,1-2H3/t14-,17+/m0/s1. The second-order valence-electron chi connectivity index (χ2n) is 5.06. The lowest BCUT2D eigenvalue weighted by atomic mass is 10.0. The number of rotatable bonds is 6. The summed E-state index contributed by atoms with van der Waals surface area (Å²) in [5.41, 5.74) is 2.26. The Morgan fingerprint density at radius 3 is 2.19 bits per heavy atom. The number of methoxy groups -OCH3 is 1. The predicted molar refractivity (Wildman–Crippen MR) is 83.9 cm³/mol. The molecule has 2 aromatic carbocycles. The Kier molecular flexibility index (Phi) is 5.52. The van der Waals surface area contributed by atoms with Crippen LogP contribution in [0.5, 0.6) is 0 Å². The highest BCUT2D eigenvalue weighted by atomic mass is 16.5. The number of nitrogens with one attached hydrogen (secondary N) is 1. The highest BCUT2D eigenvalue weighted by molar-refractivity contribution is 5.76. The third kappa shape index (κ3) is 4.43. The van der Waals surface area contributed by atoms with Gasteiger partial charge in [-0.2, -0.15) is 0 Å². The van der Waals surface area contributed by atoms with Crippen molar-refractivity contribution >= 4 is 5.97 Å². The van der Waals surface area contributed by atoms with Gasteiger partial charge in [-0.15, -0.1) is 0 Å². The molecule has 0 unspecified atom stereocenters. The molecule has 0 aliphatic heterocycles. The quantitative estimate of drug-likeness (QED) is 0.828. The Hall–Kier alpha value is -2.13. The zero-order valence-electron chi connectivity index (χ0n) is 12.5. The number of hydrogen-bond donors (Lipinski definition) is 1. The third-order valence-corrected chi connectivity index (χ3v) is 3.52. The Bertz CT molecular complexity index is 554. The molecule has 3 heteroatoms. The minimum atomic E-state index is -0.354. The first-order chi connectivity index (χ1) is 10.2. The molecule has 110 valence electrons. The lowest BCUT2D eigenvalue weighted by Crippen LogP contribution is -2.40. The van der Waals surface area contributed by atoms with Crippen molar-refractivity contribution in [1.82, 2.24) is 5.32 Å². The van der Waals surface area contributed by atoms with Gasteiger partial charge < -0.3 is 4.74 Å². The van der Waals surface area contributed by atoms with Crippen molar-refractivity contribution in [1.29, 1.82) is 0 Å².